The molecule has 18 heavy (non-hydrogen) atoms. The van der Waals surface area contributed by atoms with Crippen molar-refractivity contribution in [2.45, 2.75) is 59.4 Å². The molecule has 1 aliphatic rings. The number of Topliss-reactive ketones (excluding diaryl/α,β-unsaturated/α-hetero) is 1. The Kier molecular flexibility index (Phi) is 3.88. The predicted molar refractivity (Wildman–Crippen MR) is 72.6 cm³/mol. The lowest BCUT2D eigenvalue weighted by Crippen LogP contribution is -2.35. The molecule has 1 fully saturated rings. The molecule has 1 atom stereocenters. The summed E-state index contributed by atoms with van der Waals surface area (Å²) in [6, 6.07) is 1.88. The van der Waals surface area contributed by atoms with Gasteiger partial charge < -0.3 is 0 Å². The molecule has 3 nitrogen and oxygen atoms in total. The summed E-state index contributed by atoms with van der Waals surface area (Å²) in [5, 5.41) is 4.27. The zero-order chi connectivity index (χ0) is 13.2. The van der Waals surface area contributed by atoms with Crippen LogP contribution in [0.2, 0.25) is 0 Å². The van der Waals surface area contributed by atoms with Crippen LogP contribution in [0.15, 0.2) is 12.3 Å². The summed E-state index contributed by atoms with van der Waals surface area (Å²) in [5.41, 5.74) is 0.938. The molecule has 1 unspecified atom stereocenters. The molecule has 0 amide bonds. The fourth-order valence-electron chi connectivity index (χ4n) is 3.09. The molecule has 3 heteroatoms. The second kappa shape index (κ2) is 5.25. The number of aromatic nitrogens is 2. The van der Waals surface area contributed by atoms with Crippen molar-refractivity contribution in [3.63, 3.8) is 0 Å². The summed E-state index contributed by atoms with van der Waals surface area (Å²) < 4.78 is 1.87. The van der Waals surface area contributed by atoms with Crippen LogP contribution in [0, 0.1) is 11.3 Å². The lowest BCUT2D eigenvalue weighted by molar-refractivity contribution is 0.0685. The highest BCUT2D eigenvalue weighted by Gasteiger charge is 2.38. The first-order chi connectivity index (χ1) is 8.56. The van der Waals surface area contributed by atoms with Crippen molar-refractivity contribution >= 4 is 5.78 Å². The zero-order valence-corrected chi connectivity index (χ0v) is 11.8. The molecule has 0 radical (unpaired) electrons. The van der Waals surface area contributed by atoms with E-state index in [1.54, 1.807) is 6.20 Å². The predicted octanol–water partition coefficient (Wildman–Crippen LogP) is 3.69. The molecule has 1 aromatic heterocycles. The molecule has 1 aromatic rings. The fraction of sp³-hybridized carbons (Fsp3) is 0.733. The van der Waals surface area contributed by atoms with Gasteiger partial charge in [0.2, 0.25) is 0 Å². The van der Waals surface area contributed by atoms with Crippen LogP contribution < -0.4 is 0 Å². The average Bonchev–Trinajstić information content (AvgIpc) is 2.76. The molecule has 1 aliphatic carbocycles. The highest BCUT2D eigenvalue weighted by atomic mass is 16.1. The summed E-state index contributed by atoms with van der Waals surface area (Å²) in [6.07, 6.45) is 7.38. The van der Waals surface area contributed by atoms with Gasteiger partial charge in [0, 0.05) is 18.7 Å². The van der Waals surface area contributed by atoms with E-state index in [1.807, 2.05) is 10.7 Å². The third-order valence-electron chi connectivity index (χ3n) is 4.23. The molecular formula is C15H24N2O. The number of carbonyl (C=O) groups is 1. The first-order valence-electron chi connectivity index (χ1n) is 7.12. The summed E-state index contributed by atoms with van der Waals surface area (Å²) in [7, 11) is 0. The van der Waals surface area contributed by atoms with Crippen molar-refractivity contribution in [3.8, 4) is 0 Å². The molecule has 100 valence electrons. The monoisotopic (exact) mass is 248 g/mol. The highest BCUT2D eigenvalue weighted by Crippen LogP contribution is 2.42. The number of aryl methyl sites for hydroxylation is 1. The largest absolute Gasteiger partial charge is 0.292 e. The minimum absolute atomic E-state index is 0.136. The molecule has 1 heterocycles. The first kappa shape index (κ1) is 13.3. The van der Waals surface area contributed by atoms with Crippen molar-refractivity contribution in [3.05, 3.63) is 18.0 Å². The summed E-state index contributed by atoms with van der Waals surface area (Å²) in [6.45, 7) is 7.41. The van der Waals surface area contributed by atoms with Crippen molar-refractivity contribution in [2.75, 3.05) is 0 Å². The van der Waals surface area contributed by atoms with E-state index in [2.05, 4.69) is 25.9 Å². The Labute approximate surface area is 110 Å². The molecule has 0 bridgehead atoms. The molecule has 2 rings (SSSR count). The molecule has 0 saturated heterocycles. The average molecular weight is 248 g/mol. The van der Waals surface area contributed by atoms with Crippen molar-refractivity contribution in [2.24, 2.45) is 11.3 Å². The third-order valence-corrected chi connectivity index (χ3v) is 4.23. The minimum Gasteiger partial charge on any atom is -0.292 e. The highest BCUT2D eigenvalue weighted by molar-refractivity contribution is 5.96. The van der Waals surface area contributed by atoms with Crippen LogP contribution in [-0.4, -0.2) is 15.6 Å². The third kappa shape index (κ3) is 2.50. The van der Waals surface area contributed by atoms with Crippen molar-refractivity contribution < 1.29 is 4.79 Å². The van der Waals surface area contributed by atoms with Gasteiger partial charge >= 0.3 is 0 Å². The van der Waals surface area contributed by atoms with Gasteiger partial charge in [-0.25, -0.2) is 0 Å². The van der Waals surface area contributed by atoms with Gasteiger partial charge in [-0.15, -0.1) is 0 Å². The lowest BCUT2D eigenvalue weighted by atomic mass is 9.67. The van der Waals surface area contributed by atoms with Gasteiger partial charge in [-0.05, 0) is 30.7 Å². The van der Waals surface area contributed by atoms with Crippen LogP contribution in [0.1, 0.15) is 63.4 Å². The Morgan fingerprint density at radius 3 is 2.94 bits per heavy atom. The van der Waals surface area contributed by atoms with Crippen LogP contribution in [-0.2, 0) is 6.54 Å². The smallest absolute Gasteiger partial charge is 0.184 e. The lowest BCUT2D eigenvalue weighted by Gasteiger charge is -2.37. The van der Waals surface area contributed by atoms with Crippen LogP contribution in [0.3, 0.4) is 0 Å². The van der Waals surface area contributed by atoms with Gasteiger partial charge in [0.05, 0.1) is 0 Å². The van der Waals surface area contributed by atoms with E-state index < -0.39 is 0 Å². The maximum absolute atomic E-state index is 12.7. The zero-order valence-electron chi connectivity index (χ0n) is 11.8. The van der Waals surface area contributed by atoms with Crippen molar-refractivity contribution in [1.29, 1.82) is 0 Å². The van der Waals surface area contributed by atoms with Crippen LogP contribution in [0.5, 0.6) is 0 Å². The van der Waals surface area contributed by atoms with E-state index in [1.165, 1.54) is 12.8 Å². The minimum atomic E-state index is 0.136. The molecule has 1 saturated carbocycles. The first-order valence-corrected chi connectivity index (χ1v) is 7.12. The normalized spacial score (nSPS) is 22.9. The van der Waals surface area contributed by atoms with E-state index in [9.17, 15) is 4.79 Å². The second-order valence-corrected chi connectivity index (χ2v) is 6.09. The van der Waals surface area contributed by atoms with Crippen LogP contribution in [0.4, 0.5) is 0 Å². The van der Waals surface area contributed by atoms with Gasteiger partial charge in [-0.1, -0.05) is 33.6 Å². The number of rotatable bonds is 4. The molecule has 0 aromatic carbocycles. The van der Waals surface area contributed by atoms with E-state index in [0.717, 1.165) is 31.5 Å². The Bertz CT molecular complexity index is 420. The quantitative estimate of drug-likeness (QED) is 0.762. The van der Waals surface area contributed by atoms with Crippen LogP contribution in [0.25, 0.3) is 0 Å². The van der Waals surface area contributed by atoms with Crippen LogP contribution >= 0.6 is 0 Å². The second-order valence-electron chi connectivity index (χ2n) is 6.09. The Hall–Kier alpha value is -1.12. The molecular weight excluding hydrogens is 224 g/mol. The molecule has 0 aliphatic heterocycles. The topological polar surface area (TPSA) is 34.9 Å². The molecule has 0 N–H and O–H groups in total. The van der Waals surface area contributed by atoms with Gasteiger partial charge in [0.15, 0.2) is 5.78 Å². The fourth-order valence-corrected chi connectivity index (χ4v) is 3.09. The number of nitrogens with zero attached hydrogens (tertiary/aromatic N) is 2. The summed E-state index contributed by atoms with van der Waals surface area (Å²) in [5.74, 6) is 0.462. The van der Waals surface area contributed by atoms with Gasteiger partial charge in [0.25, 0.3) is 0 Å². The van der Waals surface area contributed by atoms with Gasteiger partial charge in [-0.2, -0.15) is 5.10 Å². The van der Waals surface area contributed by atoms with Gasteiger partial charge in [0.1, 0.15) is 5.69 Å². The van der Waals surface area contributed by atoms with E-state index in [-0.39, 0.29) is 11.3 Å². The van der Waals surface area contributed by atoms with Crippen molar-refractivity contribution in [1.82, 2.24) is 9.78 Å². The van der Waals surface area contributed by atoms with E-state index in [4.69, 9.17) is 0 Å². The molecule has 0 spiro atoms. The van der Waals surface area contributed by atoms with Gasteiger partial charge in [-0.3, -0.25) is 9.48 Å². The van der Waals surface area contributed by atoms with E-state index in [0.29, 0.717) is 5.78 Å². The number of ketones is 1. The Balaban J connectivity index is 2.22. The standard InChI is InChI=1S/C15H24N2O/c1-4-11-17-13(8-10-16-17)14(18)12-7-5-6-9-15(12,2)3/h8,10,12H,4-7,9,11H2,1-3H3. The van der Waals surface area contributed by atoms with E-state index >= 15 is 0 Å². The summed E-state index contributed by atoms with van der Waals surface area (Å²) >= 11 is 0. The number of hydrogen-bond acceptors (Lipinski definition) is 2. The maximum Gasteiger partial charge on any atom is 0.184 e. The Morgan fingerprint density at radius 1 is 1.50 bits per heavy atom. The Morgan fingerprint density at radius 2 is 2.28 bits per heavy atom. The number of hydrogen-bond donors (Lipinski definition) is 0. The summed E-state index contributed by atoms with van der Waals surface area (Å²) in [4.78, 5) is 12.7. The SMILES string of the molecule is CCCn1nccc1C(=O)C1CCCCC1(C)C. The maximum atomic E-state index is 12.7. The number of carbonyl (C=O) groups excluding carboxylic acids is 1.